The monoisotopic (exact) mass is 305 g/mol. The highest BCUT2D eigenvalue weighted by Crippen LogP contribution is 2.19. The summed E-state index contributed by atoms with van der Waals surface area (Å²) >= 11 is 0. The number of anilines is 1. The number of carbonyl (C=O) groups excluding carboxylic acids is 2. The van der Waals surface area contributed by atoms with Gasteiger partial charge in [-0.2, -0.15) is 0 Å². The first-order chi connectivity index (χ1) is 10.5. The van der Waals surface area contributed by atoms with Crippen LogP contribution in [0.1, 0.15) is 19.8 Å². The molecule has 1 fully saturated rings. The first-order valence-electron chi connectivity index (χ1n) is 7.44. The van der Waals surface area contributed by atoms with Crippen molar-refractivity contribution >= 4 is 17.5 Å². The van der Waals surface area contributed by atoms with E-state index in [1.54, 1.807) is 38.1 Å². The fourth-order valence-electron chi connectivity index (χ4n) is 2.01. The summed E-state index contributed by atoms with van der Waals surface area (Å²) in [6, 6.07) is 7.16. The van der Waals surface area contributed by atoms with Crippen molar-refractivity contribution in [2.24, 2.45) is 0 Å². The van der Waals surface area contributed by atoms with Crippen LogP contribution in [0.25, 0.3) is 0 Å². The number of likely N-dealkylation sites (N-methyl/N-ethyl adjacent to an activating group) is 1. The average Bonchev–Trinajstić information content (AvgIpc) is 3.30. The normalized spacial score (nSPS) is 15.3. The Morgan fingerprint density at radius 2 is 2.14 bits per heavy atom. The van der Waals surface area contributed by atoms with Crippen molar-refractivity contribution in [2.75, 3.05) is 26.0 Å². The van der Waals surface area contributed by atoms with E-state index in [0.717, 1.165) is 12.8 Å². The van der Waals surface area contributed by atoms with Crippen LogP contribution in [0.4, 0.5) is 5.69 Å². The maximum Gasteiger partial charge on any atom is 0.238 e. The van der Waals surface area contributed by atoms with Crippen LogP contribution >= 0.6 is 0 Å². The Morgan fingerprint density at radius 1 is 1.41 bits per heavy atom. The summed E-state index contributed by atoms with van der Waals surface area (Å²) in [5.74, 6) is 0.490. The van der Waals surface area contributed by atoms with Crippen molar-refractivity contribution in [1.29, 1.82) is 0 Å². The van der Waals surface area contributed by atoms with Crippen molar-refractivity contribution < 1.29 is 14.3 Å². The van der Waals surface area contributed by atoms with Crippen LogP contribution < -0.4 is 15.4 Å². The summed E-state index contributed by atoms with van der Waals surface area (Å²) in [5, 5.41) is 5.75. The van der Waals surface area contributed by atoms with Gasteiger partial charge in [-0.3, -0.25) is 14.5 Å². The molecule has 1 aliphatic rings. The Kier molecular flexibility index (Phi) is 5.38. The Bertz CT molecular complexity index is 543. The summed E-state index contributed by atoms with van der Waals surface area (Å²) in [4.78, 5) is 25.7. The highest BCUT2D eigenvalue weighted by molar-refractivity contribution is 5.93. The molecule has 2 N–H and O–H groups in total. The van der Waals surface area contributed by atoms with E-state index in [4.69, 9.17) is 4.74 Å². The predicted octanol–water partition coefficient (Wildman–Crippen LogP) is 1.23. The molecule has 0 aliphatic heterocycles. The molecule has 1 aromatic rings. The average molecular weight is 305 g/mol. The molecule has 22 heavy (non-hydrogen) atoms. The second-order valence-electron chi connectivity index (χ2n) is 5.65. The lowest BCUT2D eigenvalue weighted by Crippen LogP contribution is -2.46. The molecule has 0 unspecified atom stereocenters. The van der Waals surface area contributed by atoms with Gasteiger partial charge in [0.2, 0.25) is 11.8 Å². The SMILES string of the molecule is COc1cccc(NC(=O)CN(C)[C@H](C)C(=O)NC2CC2)c1. The number of methoxy groups -OCH3 is 1. The van der Waals surface area contributed by atoms with Crippen molar-refractivity contribution in [3.8, 4) is 5.75 Å². The van der Waals surface area contributed by atoms with Gasteiger partial charge < -0.3 is 15.4 Å². The minimum absolute atomic E-state index is 0.0285. The Hall–Kier alpha value is -2.08. The third-order valence-electron chi connectivity index (χ3n) is 3.71. The molecule has 1 saturated carbocycles. The van der Waals surface area contributed by atoms with Gasteiger partial charge in [-0.25, -0.2) is 0 Å². The topological polar surface area (TPSA) is 70.7 Å². The molecule has 1 aliphatic carbocycles. The van der Waals surface area contributed by atoms with E-state index in [1.807, 2.05) is 12.1 Å². The van der Waals surface area contributed by atoms with Gasteiger partial charge in [0.1, 0.15) is 5.75 Å². The number of hydrogen-bond acceptors (Lipinski definition) is 4. The van der Waals surface area contributed by atoms with Gasteiger partial charge in [-0.15, -0.1) is 0 Å². The number of hydrogen-bond donors (Lipinski definition) is 2. The summed E-state index contributed by atoms with van der Waals surface area (Å²) in [7, 11) is 3.34. The van der Waals surface area contributed by atoms with Gasteiger partial charge in [0.25, 0.3) is 0 Å². The fraction of sp³-hybridized carbons (Fsp3) is 0.500. The predicted molar refractivity (Wildman–Crippen MR) is 84.9 cm³/mol. The molecule has 6 heteroatoms. The van der Waals surface area contributed by atoms with E-state index in [0.29, 0.717) is 17.5 Å². The molecule has 0 aromatic heterocycles. The number of rotatable bonds is 7. The molecule has 2 amide bonds. The van der Waals surface area contributed by atoms with Gasteiger partial charge in [0.15, 0.2) is 0 Å². The zero-order valence-corrected chi connectivity index (χ0v) is 13.3. The van der Waals surface area contributed by atoms with Gasteiger partial charge in [-0.05, 0) is 38.9 Å². The number of benzene rings is 1. The summed E-state index contributed by atoms with van der Waals surface area (Å²) in [6.07, 6.45) is 2.11. The van der Waals surface area contributed by atoms with Crippen LogP contribution in [0.2, 0.25) is 0 Å². The van der Waals surface area contributed by atoms with Crippen LogP contribution in [0.15, 0.2) is 24.3 Å². The number of nitrogens with one attached hydrogen (secondary N) is 2. The maximum atomic E-state index is 12.1. The first kappa shape index (κ1) is 16.3. The van der Waals surface area contributed by atoms with Crippen LogP contribution in [-0.2, 0) is 9.59 Å². The van der Waals surface area contributed by atoms with Crippen molar-refractivity contribution in [3.05, 3.63) is 24.3 Å². The van der Waals surface area contributed by atoms with Crippen LogP contribution in [0.3, 0.4) is 0 Å². The van der Waals surface area contributed by atoms with Crippen LogP contribution in [0, 0.1) is 0 Å². The fourth-order valence-corrected chi connectivity index (χ4v) is 2.01. The summed E-state index contributed by atoms with van der Waals surface area (Å²) in [6.45, 7) is 1.95. The van der Waals surface area contributed by atoms with E-state index >= 15 is 0 Å². The lowest BCUT2D eigenvalue weighted by molar-refractivity contribution is -0.126. The zero-order chi connectivity index (χ0) is 16.1. The summed E-state index contributed by atoms with van der Waals surface area (Å²) in [5.41, 5.74) is 0.674. The maximum absolute atomic E-state index is 12.1. The smallest absolute Gasteiger partial charge is 0.238 e. The molecule has 0 radical (unpaired) electrons. The molecule has 120 valence electrons. The Labute approximate surface area is 130 Å². The molecule has 0 saturated heterocycles. The zero-order valence-electron chi connectivity index (χ0n) is 13.3. The van der Waals surface area contributed by atoms with E-state index in [9.17, 15) is 9.59 Å². The molecular formula is C16H23N3O3. The van der Waals surface area contributed by atoms with Crippen molar-refractivity contribution in [2.45, 2.75) is 31.8 Å². The number of amides is 2. The first-order valence-corrected chi connectivity index (χ1v) is 7.44. The number of ether oxygens (including phenoxy) is 1. The van der Waals surface area contributed by atoms with E-state index in [1.165, 1.54) is 0 Å². The second kappa shape index (κ2) is 7.26. The number of carbonyl (C=O) groups is 2. The highest BCUT2D eigenvalue weighted by atomic mass is 16.5. The van der Waals surface area contributed by atoms with E-state index < -0.39 is 0 Å². The van der Waals surface area contributed by atoms with Crippen molar-refractivity contribution in [3.63, 3.8) is 0 Å². The van der Waals surface area contributed by atoms with Gasteiger partial charge in [0, 0.05) is 17.8 Å². The standard InChI is InChI=1S/C16H23N3O3/c1-11(16(21)18-12-7-8-12)19(2)10-15(20)17-13-5-4-6-14(9-13)22-3/h4-6,9,11-12H,7-8,10H2,1-3H3,(H,17,20)(H,18,21)/t11-/m1/s1. The lowest BCUT2D eigenvalue weighted by atomic mass is 10.2. The van der Waals surface area contributed by atoms with Crippen molar-refractivity contribution in [1.82, 2.24) is 10.2 Å². The van der Waals surface area contributed by atoms with Gasteiger partial charge in [0.05, 0.1) is 19.7 Å². The largest absolute Gasteiger partial charge is 0.497 e. The van der Waals surface area contributed by atoms with Gasteiger partial charge >= 0.3 is 0 Å². The minimum atomic E-state index is -0.336. The molecule has 0 spiro atoms. The molecule has 6 nitrogen and oxygen atoms in total. The van der Waals surface area contributed by atoms with Crippen LogP contribution in [-0.4, -0.2) is 49.5 Å². The quantitative estimate of drug-likeness (QED) is 0.795. The highest BCUT2D eigenvalue weighted by Gasteiger charge is 2.27. The third kappa shape index (κ3) is 4.73. The van der Waals surface area contributed by atoms with E-state index in [-0.39, 0.29) is 24.4 Å². The Balaban J connectivity index is 1.83. The Morgan fingerprint density at radius 3 is 2.77 bits per heavy atom. The molecule has 1 atom stereocenters. The van der Waals surface area contributed by atoms with E-state index in [2.05, 4.69) is 10.6 Å². The lowest BCUT2D eigenvalue weighted by Gasteiger charge is -2.23. The number of nitrogens with zero attached hydrogens (tertiary/aromatic N) is 1. The molecule has 0 bridgehead atoms. The molecule has 1 aromatic carbocycles. The molecule has 2 rings (SSSR count). The minimum Gasteiger partial charge on any atom is -0.497 e. The molecular weight excluding hydrogens is 282 g/mol. The third-order valence-corrected chi connectivity index (χ3v) is 3.71. The summed E-state index contributed by atoms with van der Waals surface area (Å²) < 4.78 is 5.12. The van der Waals surface area contributed by atoms with Crippen LogP contribution in [0.5, 0.6) is 5.75 Å². The second-order valence-corrected chi connectivity index (χ2v) is 5.65. The van der Waals surface area contributed by atoms with Gasteiger partial charge in [-0.1, -0.05) is 6.07 Å². The molecule has 0 heterocycles.